The summed E-state index contributed by atoms with van der Waals surface area (Å²) >= 11 is 0. The fraction of sp³-hybridized carbons (Fsp3) is 0.625. The number of hydrogen-bond donors (Lipinski definition) is 1. The summed E-state index contributed by atoms with van der Waals surface area (Å²) < 4.78 is 5.81. The molecule has 1 aromatic rings. The van der Waals surface area contributed by atoms with Crippen molar-refractivity contribution < 1.29 is 4.74 Å². The maximum atomic E-state index is 5.81. The predicted octanol–water partition coefficient (Wildman–Crippen LogP) is 2.41. The molecule has 0 spiro atoms. The van der Waals surface area contributed by atoms with E-state index in [0.717, 1.165) is 31.5 Å². The van der Waals surface area contributed by atoms with Crippen LogP contribution < -0.4 is 10.1 Å². The number of para-hydroxylation sites is 1. The van der Waals surface area contributed by atoms with Gasteiger partial charge in [-0.3, -0.25) is 4.90 Å². The van der Waals surface area contributed by atoms with Crippen molar-refractivity contribution in [3.63, 3.8) is 0 Å². The molecule has 0 aromatic heterocycles. The van der Waals surface area contributed by atoms with Gasteiger partial charge >= 0.3 is 0 Å². The summed E-state index contributed by atoms with van der Waals surface area (Å²) in [5, 5.41) is 3.64. The van der Waals surface area contributed by atoms with Crippen LogP contribution in [0.1, 0.15) is 31.2 Å². The number of hydrogen-bond acceptors (Lipinski definition) is 3. The highest BCUT2D eigenvalue weighted by atomic mass is 16.5. The first-order valence-corrected chi connectivity index (χ1v) is 7.58. The highest BCUT2D eigenvalue weighted by Crippen LogP contribution is 2.22. The average Bonchev–Trinajstić information content (AvgIpc) is 2.68. The molecule has 2 aliphatic rings. The van der Waals surface area contributed by atoms with Crippen LogP contribution in [0, 0.1) is 0 Å². The minimum Gasteiger partial charge on any atom is -0.492 e. The quantitative estimate of drug-likeness (QED) is 0.903. The molecule has 3 heteroatoms. The maximum absolute atomic E-state index is 5.81. The highest BCUT2D eigenvalue weighted by molar-refractivity contribution is 5.33. The molecular weight excluding hydrogens is 236 g/mol. The molecule has 3 rings (SSSR count). The first kappa shape index (κ1) is 12.9. The van der Waals surface area contributed by atoms with E-state index in [-0.39, 0.29) is 0 Å². The SMILES string of the molecule is c1ccc2c(c1)CN(CCC1CCCCN1)CCO2. The van der Waals surface area contributed by atoms with Gasteiger partial charge in [0.05, 0.1) is 0 Å². The first-order chi connectivity index (χ1) is 9.42. The molecule has 1 saturated heterocycles. The number of fused-ring (bicyclic) bond motifs is 1. The van der Waals surface area contributed by atoms with Gasteiger partial charge in [0, 0.05) is 31.2 Å². The second kappa shape index (κ2) is 6.40. The molecule has 1 N–H and O–H groups in total. The van der Waals surface area contributed by atoms with Crippen molar-refractivity contribution in [2.45, 2.75) is 38.3 Å². The molecule has 1 fully saturated rings. The number of nitrogens with zero attached hydrogens (tertiary/aromatic N) is 1. The molecule has 0 radical (unpaired) electrons. The van der Waals surface area contributed by atoms with Gasteiger partial charge in [0.15, 0.2) is 0 Å². The van der Waals surface area contributed by atoms with Crippen molar-refractivity contribution in [3.8, 4) is 5.75 Å². The van der Waals surface area contributed by atoms with E-state index in [4.69, 9.17) is 4.74 Å². The van der Waals surface area contributed by atoms with E-state index < -0.39 is 0 Å². The van der Waals surface area contributed by atoms with Gasteiger partial charge < -0.3 is 10.1 Å². The topological polar surface area (TPSA) is 24.5 Å². The third-order valence-electron chi connectivity index (χ3n) is 4.24. The fourth-order valence-electron chi connectivity index (χ4n) is 3.08. The lowest BCUT2D eigenvalue weighted by Crippen LogP contribution is -2.37. The van der Waals surface area contributed by atoms with Gasteiger partial charge in [0.2, 0.25) is 0 Å². The Kier molecular flexibility index (Phi) is 4.36. The van der Waals surface area contributed by atoms with Gasteiger partial charge in [0.1, 0.15) is 12.4 Å². The molecule has 2 heterocycles. The number of benzene rings is 1. The van der Waals surface area contributed by atoms with E-state index in [1.165, 1.54) is 44.3 Å². The minimum absolute atomic E-state index is 0.730. The number of ether oxygens (including phenoxy) is 1. The zero-order valence-electron chi connectivity index (χ0n) is 11.6. The Labute approximate surface area is 115 Å². The molecule has 1 atom stereocenters. The summed E-state index contributed by atoms with van der Waals surface area (Å²) in [5.74, 6) is 1.07. The van der Waals surface area contributed by atoms with Crippen LogP contribution in [0.2, 0.25) is 0 Å². The highest BCUT2D eigenvalue weighted by Gasteiger charge is 2.17. The van der Waals surface area contributed by atoms with E-state index in [1.54, 1.807) is 0 Å². The largest absolute Gasteiger partial charge is 0.492 e. The van der Waals surface area contributed by atoms with Crippen LogP contribution in [0.3, 0.4) is 0 Å². The second-order valence-electron chi connectivity index (χ2n) is 5.67. The standard InChI is InChI=1S/C16H24N2O/c1-2-7-16-14(5-1)13-18(11-12-19-16)10-8-15-6-3-4-9-17-15/h1-2,5,7,15,17H,3-4,6,8-13H2. The molecule has 0 amide bonds. The lowest BCUT2D eigenvalue weighted by atomic mass is 10.0. The van der Waals surface area contributed by atoms with E-state index in [9.17, 15) is 0 Å². The van der Waals surface area contributed by atoms with Crippen LogP contribution in [0.25, 0.3) is 0 Å². The van der Waals surface area contributed by atoms with Crippen LogP contribution >= 0.6 is 0 Å². The lowest BCUT2D eigenvalue weighted by Gasteiger charge is -2.26. The Morgan fingerprint density at radius 1 is 1.26 bits per heavy atom. The monoisotopic (exact) mass is 260 g/mol. The van der Waals surface area contributed by atoms with Crippen molar-refractivity contribution in [1.82, 2.24) is 10.2 Å². The van der Waals surface area contributed by atoms with E-state index >= 15 is 0 Å². The predicted molar refractivity (Wildman–Crippen MR) is 77.5 cm³/mol. The van der Waals surface area contributed by atoms with Crippen molar-refractivity contribution in [2.75, 3.05) is 26.2 Å². The van der Waals surface area contributed by atoms with Crippen LogP contribution in [-0.2, 0) is 6.54 Å². The molecule has 0 bridgehead atoms. The summed E-state index contributed by atoms with van der Waals surface area (Å²) in [7, 11) is 0. The van der Waals surface area contributed by atoms with Crippen molar-refractivity contribution >= 4 is 0 Å². The van der Waals surface area contributed by atoms with Gasteiger partial charge in [-0.1, -0.05) is 24.6 Å². The molecular formula is C16H24N2O. The Morgan fingerprint density at radius 2 is 2.21 bits per heavy atom. The van der Waals surface area contributed by atoms with Crippen LogP contribution in [-0.4, -0.2) is 37.2 Å². The normalized spacial score (nSPS) is 24.3. The van der Waals surface area contributed by atoms with E-state index in [1.807, 2.05) is 0 Å². The average molecular weight is 260 g/mol. The lowest BCUT2D eigenvalue weighted by molar-refractivity contribution is 0.211. The van der Waals surface area contributed by atoms with E-state index in [2.05, 4.69) is 34.5 Å². The van der Waals surface area contributed by atoms with Gasteiger partial charge in [-0.05, 0) is 31.9 Å². The zero-order valence-corrected chi connectivity index (χ0v) is 11.6. The fourth-order valence-corrected chi connectivity index (χ4v) is 3.08. The molecule has 19 heavy (non-hydrogen) atoms. The van der Waals surface area contributed by atoms with Crippen molar-refractivity contribution in [1.29, 1.82) is 0 Å². The molecule has 1 unspecified atom stereocenters. The smallest absolute Gasteiger partial charge is 0.123 e. The zero-order chi connectivity index (χ0) is 12.9. The van der Waals surface area contributed by atoms with Gasteiger partial charge in [-0.15, -0.1) is 0 Å². The summed E-state index contributed by atoms with van der Waals surface area (Å²) in [6, 6.07) is 9.16. The molecule has 0 aliphatic carbocycles. The van der Waals surface area contributed by atoms with Crippen LogP contribution in [0.5, 0.6) is 5.75 Å². The third-order valence-corrected chi connectivity index (χ3v) is 4.24. The van der Waals surface area contributed by atoms with Gasteiger partial charge in [-0.25, -0.2) is 0 Å². The van der Waals surface area contributed by atoms with Gasteiger partial charge in [-0.2, -0.15) is 0 Å². The third kappa shape index (κ3) is 3.48. The Bertz CT molecular complexity index is 401. The number of nitrogens with one attached hydrogen (secondary N) is 1. The second-order valence-corrected chi connectivity index (χ2v) is 5.67. The van der Waals surface area contributed by atoms with Gasteiger partial charge in [0.25, 0.3) is 0 Å². The van der Waals surface area contributed by atoms with E-state index in [0.29, 0.717) is 0 Å². The molecule has 0 saturated carbocycles. The van der Waals surface area contributed by atoms with Crippen LogP contribution in [0.4, 0.5) is 0 Å². The summed E-state index contributed by atoms with van der Waals surface area (Å²) in [4.78, 5) is 2.53. The first-order valence-electron chi connectivity index (χ1n) is 7.58. The molecule has 3 nitrogen and oxygen atoms in total. The Morgan fingerprint density at radius 3 is 3.11 bits per heavy atom. The maximum Gasteiger partial charge on any atom is 0.123 e. The minimum atomic E-state index is 0.730. The number of piperidine rings is 1. The summed E-state index contributed by atoms with van der Waals surface area (Å²) in [6.45, 7) is 5.27. The summed E-state index contributed by atoms with van der Waals surface area (Å²) in [5.41, 5.74) is 1.33. The summed E-state index contributed by atoms with van der Waals surface area (Å²) in [6.07, 6.45) is 5.36. The Hall–Kier alpha value is -1.06. The Balaban J connectivity index is 1.54. The molecule has 2 aliphatic heterocycles. The van der Waals surface area contributed by atoms with Crippen LogP contribution in [0.15, 0.2) is 24.3 Å². The molecule has 104 valence electrons. The number of rotatable bonds is 3. The molecule has 1 aromatic carbocycles. The van der Waals surface area contributed by atoms with Crippen molar-refractivity contribution in [3.05, 3.63) is 29.8 Å². The van der Waals surface area contributed by atoms with Crippen molar-refractivity contribution in [2.24, 2.45) is 0 Å².